The number of rotatable bonds is 8. The molecule has 2 aromatic rings. The van der Waals surface area contributed by atoms with E-state index in [9.17, 15) is 31.5 Å². The van der Waals surface area contributed by atoms with Crippen molar-refractivity contribution in [3.8, 4) is 11.5 Å². The van der Waals surface area contributed by atoms with Crippen LogP contribution in [0.15, 0.2) is 47.6 Å². The maximum Gasteiger partial charge on any atom is 0.471 e. The van der Waals surface area contributed by atoms with Crippen LogP contribution in [0.25, 0.3) is 0 Å². The molecule has 7 nitrogen and oxygen atoms in total. The average molecular weight is 499 g/mol. The summed E-state index contributed by atoms with van der Waals surface area (Å²) in [5.74, 6) is -2.67. The molecule has 0 aromatic heterocycles. The Hall–Kier alpha value is -3.70. The zero-order valence-corrected chi connectivity index (χ0v) is 18.7. The Kier molecular flexibility index (Phi) is 7.92. The zero-order valence-electron chi connectivity index (χ0n) is 18.7. The summed E-state index contributed by atoms with van der Waals surface area (Å²) in [4.78, 5) is 23.7. The highest BCUT2D eigenvalue weighted by Crippen LogP contribution is 2.33. The van der Waals surface area contributed by atoms with Crippen molar-refractivity contribution in [3.63, 3.8) is 0 Å². The van der Waals surface area contributed by atoms with Crippen molar-refractivity contribution in [2.45, 2.75) is 39.1 Å². The van der Waals surface area contributed by atoms with E-state index in [-0.39, 0.29) is 42.0 Å². The molecule has 12 heteroatoms. The van der Waals surface area contributed by atoms with E-state index in [2.05, 4.69) is 9.84 Å². The number of alkyl halides is 5. The molecular weight excluding hydrogens is 477 g/mol. The number of carbonyl (C=O) groups is 2. The molecule has 1 heterocycles. The number of benzene rings is 2. The van der Waals surface area contributed by atoms with Crippen LogP contribution in [0.4, 0.5) is 27.6 Å². The number of hydrogen-bond donors (Lipinski definition) is 1. The molecular formula is C23H22F5N3O4. The van der Waals surface area contributed by atoms with Gasteiger partial charge in [-0.2, -0.15) is 27.1 Å². The molecule has 2 aromatic carbocycles. The fourth-order valence-electron chi connectivity index (χ4n) is 3.53. The van der Waals surface area contributed by atoms with Crippen molar-refractivity contribution >= 4 is 23.2 Å². The van der Waals surface area contributed by atoms with Gasteiger partial charge in [0.05, 0.1) is 19.4 Å². The molecule has 3 rings (SSSR count). The van der Waals surface area contributed by atoms with E-state index < -0.39 is 18.7 Å². The number of anilines is 1. The molecule has 188 valence electrons. The van der Waals surface area contributed by atoms with Crippen molar-refractivity contribution in [1.82, 2.24) is 5.01 Å². The van der Waals surface area contributed by atoms with Gasteiger partial charge in [0.15, 0.2) is 11.5 Å². The number of halogens is 5. The first-order valence-corrected chi connectivity index (χ1v) is 10.5. The van der Waals surface area contributed by atoms with Gasteiger partial charge in [0.2, 0.25) is 5.91 Å². The van der Waals surface area contributed by atoms with Gasteiger partial charge in [0.1, 0.15) is 0 Å². The monoisotopic (exact) mass is 499 g/mol. The number of hydrogen-bond acceptors (Lipinski definition) is 5. The second-order valence-corrected chi connectivity index (χ2v) is 7.64. The Morgan fingerprint density at radius 3 is 2.43 bits per heavy atom. The number of carbonyl (C=O) groups excluding carboxylic acids is 2. The molecule has 0 bridgehead atoms. The van der Waals surface area contributed by atoms with E-state index in [0.717, 1.165) is 0 Å². The Labute approximate surface area is 197 Å². The highest BCUT2D eigenvalue weighted by Gasteiger charge is 2.38. The molecule has 0 radical (unpaired) electrons. The molecule has 0 saturated heterocycles. The molecule has 0 spiro atoms. The summed E-state index contributed by atoms with van der Waals surface area (Å²) < 4.78 is 72.5. The van der Waals surface area contributed by atoms with Crippen LogP contribution in [0.2, 0.25) is 0 Å². The molecule has 35 heavy (non-hydrogen) atoms. The lowest BCUT2D eigenvalue weighted by atomic mass is 9.89. The summed E-state index contributed by atoms with van der Waals surface area (Å²) in [6.07, 6.45) is -4.31. The van der Waals surface area contributed by atoms with Crippen LogP contribution in [-0.4, -0.2) is 42.4 Å². The smallest absolute Gasteiger partial charge is 0.471 e. The van der Waals surface area contributed by atoms with E-state index in [1.54, 1.807) is 11.4 Å². The summed E-state index contributed by atoms with van der Waals surface area (Å²) in [7, 11) is 1.32. The lowest BCUT2D eigenvalue weighted by molar-refractivity contribution is -0.167. The van der Waals surface area contributed by atoms with Gasteiger partial charge in [-0.15, -0.1) is 0 Å². The third-order valence-corrected chi connectivity index (χ3v) is 5.29. The van der Waals surface area contributed by atoms with Gasteiger partial charge in [0.25, 0.3) is 0 Å². The van der Waals surface area contributed by atoms with Crippen LogP contribution in [0.5, 0.6) is 11.5 Å². The largest absolute Gasteiger partial charge is 0.493 e. The van der Waals surface area contributed by atoms with E-state index in [1.165, 1.54) is 48.5 Å². The SMILES string of the molecule is CCC1CC(=O)N(Cc2ccc(NC(=O)C(F)(F)F)cc2)N=C1c1ccc(OC)c(OC(F)F)c1. The van der Waals surface area contributed by atoms with Gasteiger partial charge in [0, 0.05) is 23.6 Å². The summed E-state index contributed by atoms with van der Waals surface area (Å²) in [5.41, 5.74) is 1.48. The fraction of sp³-hybridized carbons (Fsp3) is 0.348. The van der Waals surface area contributed by atoms with Gasteiger partial charge in [-0.25, -0.2) is 5.01 Å². The maximum absolute atomic E-state index is 12.8. The summed E-state index contributed by atoms with van der Waals surface area (Å²) in [5, 5.41) is 7.41. The minimum Gasteiger partial charge on any atom is -0.493 e. The van der Waals surface area contributed by atoms with Gasteiger partial charge >= 0.3 is 18.7 Å². The summed E-state index contributed by atoms with van der Waals surface area (Å²) >= 11 is 0. The predicted molar refractivity (Wildman–Crippen MR) is 116 cm³/mol. The molecule has 1 atom stereocenters. The van der Waals surface area contributed by atoms with E-state index in [1.807, 2.05) is 6.92 Å². The first kappa shape index (κ1) is 25.9. The van der Waals surface area contributed by atoms with E-state index >= 15 is 0 Å². The van der Waals surface area contributed by atoms with E-state index in [4.69, 9.17) is 4.74 Å². The standard InChI is InChI=1S/C23H22F5N3O4/c1-3-14-11-19(32)31(12-13-4-7-16(8-5-13)29-21(33)23(26,27)28)30-20(14)15-6-9-17(34-2)18(10-15)35-22(24)25/h4-10,14,22H,3,11-12H2,1-2H3,(H,29,33). The molecule has 0 saturated carbocycles. The predicted octanol–water partition coefficient (Wildman–Crippen LogP) is 4.96. The molecule has 1 aliphatic rings. The van der Waals surface area contributed by atoms with Crippen molar-refractivity contribution < 1.29 is 41.0 Å². The van der Waals surface area contributed by atoms with E-state index in [0.29, 0.717) is 23.3 Å². The van der Waals surface area contributed by atoms with Gasteiger partial charge in [-0.1, -0.05) is 19.1 Å². The molecule has 0 aliphatic carbocycles. The molecule has 0 fully saturated rings. The van der Waals surface area contributed by atoms with Crippen LogP contribution in [0.1, 0.15) is 30.9 Å². The first-order valence-electron chi connectivity index (χ1n) is 10.5. The van der Waals surface area contributed by atoms with Crippen LogP contribution < -0.4 is 14.8 Å². The molecule has 2 amide bonds. The second-order valence-electron chi connectivity index (χ2n) is 7.64. The molecule has 1 aliphatic heterocycles. The maximum atomic E-state index is 12.8. The normalized spacial score (nSPS) is 16.2. The van der Waals surface area contributed by atoms with Crippen LogP contribution in [0, 0.1) is 5.92 Å². The number of amides is 2. The third-order valence-electron chi connectivity index (χ3n) is 5.29. The topological polar surface area (TPSA) is 80.2 Å². The average Bonchev–Trinajstić information content (AvgIpc) is 2.80. The highest BCUT2D eigenvalue weighted by molar-refractivity contribution is 6.06. The lowest BCUT2D eigenvalue weighted by Crippen LogP contribution is -2.36. The van der Waals surface area contributed by atoms with Gasteiger partial charge < -0.3 is 14.8 Å². The Morgan fingerprint density at radius 1 is 1.17 bits per heavy atom. The number of nitrogens with one attached hydrogen (secondary N) is 1. The number of methoxy groups -OCH3 is 1. The van der Waals surface area contributed by atoms with Crippen molar-refractivity contribution in [1.29, 1.82) is 0 Å². The fourth-order valence-corrected chi connectivity index (χ4v) is 3.53. The van der Waals surface area contributed by atoms with Crippen molar-refractivity contribution in [2.24, 2.45) is 11.0 Å². The number of nitrogens with zero attached hydrogens (tertiary/aromatic N) is 2. The van der Waals surface area contributed by atoms with Crippen LogP contribution in [-0.2, 0) is 16.1 Å². The Morgan fingerprint density at radius 2 is 1.86 bits per heavy atom. The van der Waals surface area contributed by atoms with Crippen LogP contribution >= 0.6 is 0 Å². The molecule has 1 unspecified atom stereocenters. The van der Waals surface area contributed by atoms with Crippen molar-refractivity contribution in [3.05, 3.63) is 53.6 Å². The number of hydrazone groups is 1. The third kappa shape index (κ3) is 6.46. The minimum absolute atomic E-state index is 0.0167. The lowest BCUT2D eigenvalue weighted by Gasteiger charge is -2.29. The second kappa shape index (κ2) is 10.7. The highest BCUT2D eigenvalue weighted by atomic mass is 19.4. The molecule has 1 N–H and O–H groups in total. The Bertz CT molecular complexity index is 1100. The summed E-state index contributed by atoms with van der Waals surface area (Å²) in [6.45, 7) is -1.17. The number of ether oxygens (including phenoxy) is 2. The summed E-state index contributed by atoms with van der Waals surface area (Å²) in [6, 6.07) is 9.96. The van der Waals surface area contributed by atoms with Crippen molar-refractivity contribution in [2.75, 3.05) is 12.4 Å². The van der Waals surface area contributed by atoms with Gasteiger partial charge in [-0.3, -0.25) is 9.59 Å². The quantitative estimate of drug-likeness (QED) is 0.521. The first-order chi connectivity index (χ1) is 16.5. The van der Waals surface area contributed by atoms with Crippen LogP contribution in [0.3, 0.4) is 0 Å². The Balaban J connectivity index is 1.85. The van der Waals surface area contributed by atoms with Gasteiger partial charge in [-0.05, 0) is 42.3 Å². The minimum atomic E-state index is -5.01. The zero-order chi connectivity index (χ0) is 25.8.